The summed E-state index contributed by atoms with van der Waals surface area (Å²) in [6.07, 6.45) is 3.29. The molecule has 0 saturated heterocycles. The zero-order valence-corrected chi connectivity index (χ0v) is 8.94. The van der Waals surface area contributed by atoms with E-state index in [1.165, 1.54) is 0 Å². The molecule has 0 saturated carbocycles. The van der Waals surface area contributed by atoms with E-state index >= 15 is 0 Å². The Bertz CT molecular complexity index is 479. The van der Waals surface area contributed by atoms with E-state index in [4.69, 9.17) is 17.3 Å². The molecule has 2 heterocycles. The third-order valence-corrected chi connectivity index (χ3v) is 2.54. The summed E-state index contributed by atoms with van der Waals surface area (Å²) in [5.74, 6) is 0.445. The van der Waals surface area contributed by atoms with E-state index in [1.54, 1.807) is 17.1 Å². The highest BCUT2D eigenvalue weighted by Gasteiger charge is 2.07. The van der Waals surface area contributed by atoms with Gasteiger partial charge in [0.25, 0.3) is 0 Å². The number of aromatic nitrogens is 4. The maximum atomic E-state index is 5.98. The molecule has 2 N–H and O–H groups in total. The first kappa shape index (κ1) is 9.92. The molecule has 78 valence electrons. The van der Waals surface area contributed by atoms with Crippen LogP contribution < -0.4 is 5.73 Å². The number of halogens is 1. The Labute approximate surface area is 91.9 Å². The summed E-state index contributed by atoms with van der Waals surface area (Å²) in [5, 5.41) is 8.30. The first-order chi connectivity index (χ1) is 7.18. The van der Waals surface area contributed by atoms with Crippen LogP contribution in [0.5, 0.6) is 0 Å². The van der Waals surface area contributed by atoms with E-state index in [0.717, 1.165) is 11.3 Å². The standard InChI is InChI=1S/C9H10ClN5/c1-6-9(11)13-14-15(6)5-7-2-3-12-4-8(7)10/h2-4H,5,11H2,1H3. The zero-order valence-electron chi connectivity index (χ0n) is 8.18. The molecule has 0 spiro atoms. The Balaban J connectivity index is 2.30. The van der Waals surface area contributed by atoms with E-state index in [2.05, 4.69) is 15.3 Å². The van der Waals surface area contributed by atoms with Crippen molar-refractivity contribution in [1.29, 1.82) is 0 Å². The molecule has 0 aromatic carbocycles. The Kier molecular flexibility index (Phi) is 2.55. The summed E-state index contributed by atoms with van der Waals surface area (Å²) in [4.78, 5) is 3.91. The van der Waals surface area contributed by atoms with Crippen LogP contribution in [0.15, 0.2) is 18.5 Å². The van der Waals surface area contributed by atoms with E-state index in [-0.39, 0.29) is 0 Å². The number of nitrogens with zero attached hydrogens (tertiary/aromatic N) is 4. The molecule has 2 aromatic rings. The fraction of sp³-hybridized carbons (Fsp3) is 0.222. The molecule has 0 bridgehead atoms. The normalized spacial score (nSPS) is 10.5. The van der Waals surface area contributed by atoms with Crippen molar-refractivity contribution in [2.45, 2.75) is 13.5 Å². The predicted molar refractivity (Wildman–Crippen MR) is 57.5 cm³/mol. The Morgan fingerprint density at radius 1 is 1.53 bits per heavy atom. The lowest BCUT2D eigenvalue weighted by molar-refractivity contribution is 0.633. The molecular formula is C9H10ClN5. The molecule has 6 heteroatoms. The number of pyridine rings is 1. The van der Waals surface area contributed by atoms with Gasteiger partial charge in [0.15, 0.2) is 5.82 Å². The van der Waals surface area contributed by atoms with Gasteiger partial charge in [-0.25, -0.2) is 4.68 Å². The van der Waals surface area contributed by atoms with E-state index in [0.29, 0.717) is 17.4 Å². The van der Waals surface area contributed by atoms with E-state index in [1.807, 2.05) is 13.0 Å². The fourth-order valence-corrected chi connectivity index (χ4v) is 1.40. The number of hydrogen-bond donors (Lipinski definition) is 1. The lowest BCUT2D eigenvalue weighted by Crippen LogP contribution is -2.05. The highest BCUT2D eigenvalue weighted by Crippen LogP contribution is 2.16. The Hall–Kier alpha value is -1.62. The van der Waals surface area contributed by atoms with Crippen LogP contribution in [0.25, 0.3) is 0 Å². The number of hydrogen-bond acceptors (Lipinski definition) is 4. The topological polar surface area (TPSA) is 69.6 Å². The van der Waals surface area contributed by atoms with Crippen LogP contribution in [0.4, 0.5) is 5.82 Å². The molecule has 0 unspecified atom stereocenters. The molecule has 0 aliphatic carbocycles. The first-order valence-electron chi connectivity index (χ1n) is 4.42. The molecule has 0 atom stereocenters. The highest BCUT2D eigenvalue weighted by atomic mass is 35.5. The average Bonchev–Trinajstić information content (AvgIpc) is 2.53. The van der Waals surface area contributed by atoms with Gasteiger partial charge in [-0.2, -0.15) is 0 Å². The molecule has 15 heavy (non-hydrogen) atoms. The van der Waals surface area contributed by atoms with Crippen molar-refractivity contribution in [3.8, 4) is 0 Å². The lowest BCUT2D eigenvalue weighted by atomic mass is 10.2. The molecule has 0 radical (unpaired) electrons. The van der Waals surface area contributed by atoms with Gasteiger partial charge in [0, 0.05) is 12.4 Å². The molecule has 0 amide bonds. The minimum absolute atomic E-state index is 0.445. The van der Waals surface area contributed by atoms with Gasteiger partial charge in [-0.05, 0) is 18.6 Å². The first-order valence-corrected chi connectivity index (χ1v) is 4.80. The summed E-state index contributed by atoms with van der Waals surface area (Å²) >= 11 is 5.98. The lowest BCUT2D eigenvalue weighted by Gasteiger charge is -2.04. The Morgan fingerprint density at radius 2 is 2.33 bits per heavy atom. The van der Waals surface area contributed by atoms with Crippen molar-refractivity contribution < 1.29 is 0 Å². The van der Waals surface area contributed by atoms with Crippen LogP contribution in [0.1, 0.15) is 11.3 Å². The molecule has 0 aliphatic rings. The van der Waals surface area contributed by atoms with Crippen LogP contribution in [-0.2, 0) is 6.54 Å². The van der Waals surface area contributed by atoms with Crippen molar-refractivity contribution in [2.75, 3.05) is 5.73 Å². The average molecular weight is 224 g/mol. The maximum absolute atomic E-state index is 5.98. The van der Waals surface area contributed by atoms with Crippen LogP contribution in [0, 0.1) is 6.92 Å². The maximum Gasteiger partial charge on any atom is 0.168 e. The Morgan fingerprint density at radius 3 is 2.93 bits per heavy atom. The van der Waals surface area contributed by atoms with Crippen LogP contribution >= 0.6 is 11.6 Å². The second kappa shape index (κ2) is 3.86. The molecule has 5 nitrogen and oxygen atoms in total. The number of anilines is 1. The zero-order chi connectivity index (χ0) is 10.8. The van der Waals surface area contributed by atoms with Crippen molar-refractivity contribution in [3.05, 3.63) is 34.7 Å². The van der Waals surface area contributed by atoms with E-state index in [9.17, 15) is 0 Å². The van der Waals surface area contributed by atoms with Gasteiger partial charge in [0.05, 0.1) is 17.3 Å². The predicted octanol–water partition coefficient (Wildman–Crippen LogP) is 1.27. The summed E-state index contributed by atoms with van der Waals surface area (Å²) < 4.78 is 1.70. The molecular weight excluding hydrogens is 214 g/mol. The quantitative estimate of drug-likeness (QED) is 0.832. The highest BCUT2D eigenvalue weighted by molar-refractivity contribution is 6.31. The smallest absolute Gasteiger partial charge is 0.168 e. The van der Waals surface area contributed by atoms with Crippen molar-refractivity contribution in [2.24, 2.45) is 0 Å². The minimum Gasteiger partial charge on any atom is -0.381 e. The molecule has 2 rings (SSSR count). The number of nitrogen functional groups attached to an aromatic ring is 1. The van der Waals surface area contributed by atoms with Crippen molar-refractivity contribution in [3.63, 3.8) is 0 Å². The van der Waals surface area contributed by atoms with Crippen LogP contribution in [-0.4, -0.2) is 20.0 Å². The van der Waals surface area contributed by atoms with Gasteiger partial charge in [-0.1, -0.05) is 16.8 Å². The molecule has 2 aromatic heterocycles. The van der Waals surface area contributed by atoms with Gasteiger partial charge in [0.1, 0.15) is 0 Å². The monoisotopic (exact) mass is 223 g/mol. The minimum atomic E-state index is 0.445. The third kappa shape index (κ3) is 1.92. The second-order valence-corrected chi connectivity index (χ2v) is 3.59. The van der Waals surface area contributed by atoms with Gasteiger partial charge < -0.3 is 5.73 Å². The fourth-order valence-electron chi connectivity index (χ4n) is 1.22. The van der Waals surface area contributed by atoms with Crippen molar-refractivity contribution >= 4 is 17.4 Å². The summed E-state index contributed by atoms with van der Waals surface area (Å²) in [6, 6.07) is 1.85. The molecule has 0 aliphatic heterocycles. The van der Waals surface area contributed by atoms with Crippen LogP contribution in [0.2, 0.25) is 5.02 Å². The van der Waals surface area contributed by atoms with Gasteiger partial charge in [-0.15, -0.1) is 5.10 Å². The number of rotatable bonds is 2. The number of nitrogens with two attached hydrogens (primary N) is 1. The summed E-state index contributed by atoms with van der Waals surface area (Å²) in [7, 11) is 0. The van der Waals surface area contributed by atoms with Gasteiger partial charge in [-0.3, -0.25) is 4.98 Å². The second-order valence-electron chi connectivity index (χ2n) is 3.18. The molecule has 0 fully saturated rings. The van der Waals surface area contributed by atoms with Gasteiger partial charge in [0.2, 0.25) is 0 Å². The SMILES string of the molecule is Cc1c(N)nnn1Cc1ccncc1Cl. The van der Waals surface area contributed by atoms with E-state index < -0.39 is 0 Å². The van der Waals surface area contributed by atoms with Crippen molar-refractivity contribution in [1.82, 2.24) is 20.0 Å². The largest absolute Gasteiger partial charge is 0.381 e. The summed E-state index contributed by atoms with van der Waals surface area (Å²) in [5.41, 5.74) is 7.37. The van der Waals surface area contributed by atoms with Gasteiger partial charge >= 0.3 is 0 Å². The third-order valence-electron chi connectivity index (χ3n) is 2.19. The van der Waals surface area contributed by atoms with Crippen LogP contribution in [0.3, 0.4) is 0 Å². The summed E-state index contributed by atoms with van der Waals surface area (Å²) in [6.45, 7) is 2.42.